The van der Waals surface area contributed by atoms with E-state index in [9.17, 15) is 50.1 Å². The number of hydrogen-bond donors (Lipinski definition) is 7. The predicted molar refractivity (Wildman–Crippen MR) is 148 cm³/mol. The van der Waals surface area contributed by atoms with Crippen LogP contribution < -0.4 is 0 Å². The highest BCUT2D eigenvalue weighted by Crippen LogP contribution is 2.69. The van der Waals surface area contributed by atoms with Gasteiger partial charge in [0.1, 0.15) is 5.60 Å². The number of aliphatic carboxylic acids is 2. The quantitative estimate of drug-likeness (QED) is 0.213. The first-order valence-electron chi connectivity index (χ1n) is 14.9. The molecule has 41 heavy (non-hydrogen) atoms. The third kappa shape index (κ3) is 5.07. The summed E-state index contributed by atoms with van der Waals surface area (Å²) in [4.78, 5) is 36.8. The Hall–Kier alpha value is -1.85. The average molecular weight is 581 g/mol. The highest BCUT2D eigenvalue weighted by molar-refractivity contribution is 5.95. The first-order chi connectivity index (χ1) is 18.5. The van der Waals surface area contributed by atoms with E-state index >= 15 is 0 Å². The number of aliphatic hydroxyl groups is 5. The summed E-state index contributed by atoms with van der Waals surface area (Å²) >= 11 is 0. The standard InChI is InChI=1S/C31H48O10/c1-25(2,37)10-13-30(40,17-24(35)36)28(5,38)22-7-9-31(41)19-14-21(32)20-15-29(39,16-23(33)34)12-11-26(20,3)18(19)6-8-27(22,31)4/h14,18,20,22,37-41H,6-13,15-17H2,1-5H3,(H,33,34)(H,35,36)/t18-,20+,22-,26+,27+,28+,29-,30-,31+/m0/s1. The molecule has 3 saturated carbocycles. The van der Waals surface area contributed by atoms with Crippen LogP contribution in [0.5, 0.6) is 0 Å². The monoisotopic (exact) mass is 580 g/mol. The third-order valence-corrected chi connectivity index (χ3v) is 12.0. The van der Waals surface area contributed by atoms with Gasteiger partial charge in [-0.05, 0) is 107 Å². The fourth-order valence-corrected chi connectivity index (χ4v) is 9.33. The van der Waals surface area contributed by atoms with Crippen LogP contribution >= 0.6 is 0 Å². The van der Waals surface area contributed by atoms with Gasteiger partial charge in [-0.2, -0.15) is 0 Å². The zero-order valence-electron chi connectivity index (χ0n) is 24.9. The molecule has 0 aromatic carbocycles. The van der Waals surface area contributed by atoms with Crippen molar-refractivity contribution in [1.82, 2.24) is 0 Å². The molecule has 4 rings (SSSR count). The predicted octanol–water partition coefficient (Wildman–Crippen LogP) is 2.57. The van der Waals surface area contributed by atoms with Crippen LogP contribution in [-0.2, 0) is 14.4 Å². The molecule has 0 amide bonds. The lowest BCUT2D eigenvalue weighted by Gasteiger charge is -2.61. The van der Waals surface area contributed by atoms with Gasteiger partial charge in [0.25, 0.3) is 0 Å². The molecule has 0 bridgehead atoms. The zero-order chi connectivity index (χ0) is 31.0. The number of carboxylic acid groups (broad SMARTS) is 2. The number of ketones is 1. The van der Waals surface area contributed by atoms with Gasteiger partial charge in [-0.15, -0.1) is 0 Å². The van der Waals surface area contributed by atoms with E-state index in [2.05, 4.69) is 0 Å². The minimum absolute atomic E-state index is 0.0470. The molecule has 0 saturated heterocycles. The molecule has 232 valence electrons. The van der Waals surface area contributed by atoms with E-state index < -0.39 is 75.5 Å². The van der Waals surface area contributed by atoms with Crippen LogP contribution in [0.4, 0.5) is 0 Å². The summed E-state index contributed by atoms with van der Waals surface area (Å²) in [5.41, 5.74) is -9.14. The first kappa shape index (κ1) is 32.1. The SMILES string of the molecule is CC(C)(O)CC[C@](O)(CC(=O)O)[C@](C)(O)[C@H]1CC[C@@]2(O)C3=CC(=O)[C@H]4C[C@](O)(CC(=O)O)CC[C@]4(C)[C@H]3CC[C@]12C. The van der Waals surface area contributed by atoms with Crippen molar-refractivity contribution >= 4 is 17.7 Å². The molecule has 0 aliphatic heterocycles. The fraction of sp³-hybridized carbons (Fsp3) is 0.839. The van der Waals surface area contributed by atoms with Crippen molar-refractivity contribution in [2.24, 2.45) is 28.6 Å². The Morgan fingerprint density at radius 1 is 0.902 bits per heavy atom. The Labute approximate surface area is 241 Å². The lowest BCUT2D eigenvalue weighted by Crippen LogP contribution is -2.65. The summed E-state index contributed by atoms with van der Waals surface area (Å²) in [5.74, 6) is -4.12. The maximum atomic E-state index is 13.6. The maximum Gasteiger partial charge on any atom is 0.306 e. The van der Waals surface area contributed by atoms with E-state index in [0.29, 0.717) is 31.3 Å². The minimum Gasteiger partial charge on any atom is -0.481 e. The number of hydrogen-bond acceptors (Lipinski definition) is 8. The molecule has 0 spiro atoms. The van der Waals surface area contributed by atoms with Gasteiger partial charge in [-0.1, -0.05) is 13.8 Å². The first-order valence-corrected chi connectivity index (χ1v) is 14.9. The van der Waals surface area contributed by atoms with Crippen LogP contribution in [-0.4, -0.2) is 81.5 Å². The van der Waals surface area contributed by atoms with Gasteiger partial charge in [0.15, 0.2) is 5.78 Å². The summed E-state index contributed by atoms with van der Waals surface area (Å²) < 4.78 is 0. The van der Waals surface area contributed by atoms with Crippen LogP contribution in [0.2, 0.25) is 0 Å². The van der Waals surface area contributed by atoms with Gasteiger partial charge in [-0.3, -0.25) is 14.4 Å². The van der Waals surface area contributed by atoms with Crippen LogP contribution in [0, 0.1) is 28.6 Å². The smallest absolute Gasteiger partial charge is 0.306 e. The second-order valence-electron chi connectivity index (χ2n) is 15.1. The van der Waals surface area contributed by atoms with Crippen molar-refractivity contribution in [2.45, 2.75) is 133 Å². The molecule has 0 heterocycles. The number of carbonyl (C=O) groups is 3. The minimum atomic E-state index is -2.08. The van der Waals surface area contributed by atoms with Gasteiger partial charge in [-0.25, -0.2) is 0 Å². The van der Waals surface area contributed by atoms with Gasteiger partial charge < -0.3 is 35.7 Å². The van der Waals surface area contributed by atoms with Gasteiger partial charge in [0.2, 0.25) is 0 Å². The second kappa shape index (κ2) is 9.84. The van der Waals surface area contributed by atoms with E-state index in [1.54, 1.807) is 13.8 Å². The van der Waals surface area contributed by atoms with E-state index in [-0.39, 0.29) is 43.8 Å². The number of carbonyl (C=O) groups excluding carboxylic acids is 1. The fourth-order valence-electron chi connectivity index (χ4n) is 9.33. The number of carboxylic acids is 2. The van der Waals surface area contributed by atoms with Crippen molar-refractivity contribution < 1.29 is 50.1 Å². The van der Waals surface area contributed by atoms with Crippen molar-refractivity contribution in [2.75, 3.05) is 0 Å². The maximum absolute atomic E-state index is 13.6. The van der Waals surface area contributed by atoms with Gasteiger partial charge >= 0.3 is 11.9 Å². The third-order valence-electron chi connectivity index (χ3n) is 12.0. The van der Waals surface area contributed by atoms with E-state index in [1.165, 1.54) is 13.0 Å². The molecule has 0 radical (unpaired) electrons. The summed E-state index contributed by atoms with van der Waals surface area (Å²) in [6.45, 7) is 8.36. The van der Waals surface area contributed by atoms with E-state index in [0.717, 1.165) is 0 Å². The zero-order valence-corrected chi connectivity index (χ0v) is 24.9. The molecule has 0 unspecified atom stereocenters. The number of rotatable bonds is 9. The Balaban J connectivity index is 1.70. The van der Waals surface area contributed by atoms with Gasteiger partial charge in [0.05, 0.1) is 35.2 Å². The van der Waals surface area contributed by atoms with Crippen LogP contribution in [0.15, 0.2) is 11.6 Å². The molecule has 4 aliphatic carbocycles. The summed E-state index contributed by atoms with van der Waals surface area (Å²) in [6, 6.07) is 0. The molecule has 0 aromatic rings. The Bertz CT molecular complexity index is 1140. The van der Waals surface area contributed by atoms with Crippen LogP contribution in [0.1, 0.15) is 105 Å². The topological polar surface area (TPSA) is 193 Å². The number of fused-ring (bicyclic) bond motifs is 5. The molecular weight excluding hydrogens is 532 g/mol. The van der Waals surface area contributed by atoms with E-state index in [1.807, 2.05) is 13.8 Å². The lowest BCUT2D eigenvalue weighted by atomic mass is 9.44. The van der Waals surface area contributed by atoms with Gasteiger partial charge in [0, 0.05) is 11.3 Å². The molecule has 0 aromatic heterocycles. The molecule has 10 nitrogen and oxygen atoms in total. The summed E-state index contributed by atoms with van der Waals surface area (Å²) in [6.07, 6.45) is 2.47. The highest BCUT2D eigenvalue weighted by Gasteiger charge is 2.70. The Morgan fingerprint density at radius 2 is 1.54 bits per heavy atom. The molecule has 3 fully saturated rings. The van der Waals surface area contributed by atoms with Crippen LogP contribution in [0.3, 0.4) is 0 Å². The van der Waals surface area contributed by atoms with Crippen molar-refractivity contribution in [3.63, 3.8) is 0 Å². The molecular formula is C31H48O10. The summed E-state index contributed by atoms with van der Waals surface area (Å²) in [7, 11) is 0. The van der Waals surface area contributed by atoms with Crippen molar-refractivity contribution in [3.8, 4) is 0 Å². The number of allylic oxidation sites excluding steroid dienone is 1. The second-order valence-corrected chi connectivity index (χ2v) is 15.1. The summed E-state index contributed by atoms with van der Waals surface area (Å²) in [5, 5.41) is 76.5. The molecule has 7 N–H and O–H groups in total. The normalized spacial score (nSPS) is 41.8. The molecule has 4 aliphatic rings. The molecule has 9 atom stereocenters. The largest absolute Gasteiger partial charge is 0.481 e. The Kier molecular flexibility index (Phi) is 7.70. The van der Waals surface area contributed by atoms with Crippen molar-refractivity contribution in [3.05, 3.63) is 11.6 Å². The van der Waals surface area contributed by atoms with Crippen LogP contribution in [0.25, 0.3) is 0 Å². The lowest BCUT2D eigenvalue weighted by molar-refractivity contribution is -0.219. The highest BCUT2D eigenvalue weighted by atomic mass is 16.4. The average Bonchev–Trinajstić information content (AvgIpc) is 3.10. The molecule has 10 heteroatoms. The van der Waals surface area contributed by atoms with Crippen molar-refractivity contribution in [1.29, 1.82) is 0 Å². The Morgan fingerprint density at radius 3 is 2.10 bits per heavy atom. The van der Waals surface area contributed by atoms with E-state index in [4.69, 9.17) is 0 Å².